The van der Waals surface area contributed by atoms with E-state index in [-0.39, 0.29) is 11.3 Å². The lowest BCUT2D eigenvalue weighted by molar-refractivity contribution is 0.427. The minimum absolute atomic E-state index is 0.0508. The van der Waals surface area contributed by atoms with Gasteiger partial charge >= 0.3 is 0 Å². The predicted octanol–water partition coefficient (Wildman–Crippen LogP) is 1.69. The van der Waals surface area contributed by atoms with Crippen LogP contribution in [-0.2, 0) is 0 Å². The van der Waals surface area contributed by atoms with E-state index in [1.54, 1.807) is 6.07 Å². The Morgan fingerprint density at radius 1 is 1.67 bits per heavy atom. The molecule has 0 heterocycles. The molecule has 0 aliphatic carbocycles. The Balaban J connectivity index is 4.24. The van der Waals surface area contributed by atoms with Gasteiger partial charge in [0, 0.05) is 0 Å². The summed E-state index contributed by atoms with van der Waals surface area (Å²) in [6, 6.07) is 1.69. The van der Waals surface area contributed by atoms with E-state index in [0.29, 0.717) is 0 Å². The summed E-state index contributed by atoms with van der Waals surface area (Å²) in [6.45, 7) is 6.59. The van der Waals surface area contributed by atoms with Crippen molar-refractivity contribution in [2.45, 2.75) is 0 Å². The molecule has 2 nitrogen and oxygen atoms in total. The topological polar surface area (TPSA) is 44.0 Å². The Bertz CT molecular complexity index is 195. The standard InChI is InChI=1S/C7H7NO/c1-3-4-7(9)6(2)5-8/h3-4,9H,1-2H2/b7-4+. The summed E-state index contributed by atoms with van der Waals surface area (Å²) in [7, 11) is 0. The molecule has 1 N–H and O–H groups in total. The minimum Gasteiger partial charge on any atom is -0.507 e. The second kappa shape index (κ2) is 3.50. The summed E-state index contributed by atoms with van der Waals surface area (Å²) in [4.78, 5) is 0. The monoisotopic (exact) mass is 121 g/mol. The van der Waals surface area contributed by atoms with Crippen molar-refractivity contribution in [1.29, 1.82) is 5.26 Å². The first kappa shape index (κ1) is 7.51. The van der Waals surface area contributed by atoms with Gasteiger partial charge in [-0.15, -0.1) is 0 Å². The molecule has 2 heteroatoms. The highest BCUT2D eigenvalue weighted by Crippen LogP contribution is 2.00. The molecular weight excluding hydrogens is 114 g/mol. The molecule has 0 amide bonds. The Kier molecular flexibility index (Phi) is 2.92. The van der Waals surface area contributed by atoms with E-state index >= 15 is 0 Å². The molecular formula is C7H7NO. The van der Waals surface area contributed by atoms with E-state index in [2.05, 4.69) is 13.2 Å². The van der Waals surface area contributed by atoms with Crippen LogP contribution >= 0.6 is 0 Å². The Morgan fingerprint density at radius 3 is 2.56 bits per heavy atom. The lowest BCUT2D eigenvalue weighted by Gasteiger charge is -1.88. The number of allylic oxidation sites excluding steroid dienone is 3. The van der Waals surface area contributed by atoms with Gasteiger partial charge in [0.1, 0.15) is 11.8 Å². The van der Waals surface area contributed by atoms with Crippen LogP contribution in [-0.4, -0.2) is 5.11 Å². The van der Waals surface area contributed by atoms with E-state index in [4.69, 9.17) is 10.4 Å². The summed E-state index contributed by atoms with van der Waals surface area (Å²) in [5, 5.41) is 16.9. The van der Waals surface area contributed by atoms with Gasteiger partial charge in [0.2, 0.25) is 0 Å². The normalized spacial score (nSPS) is 9.89. The first-order chi connectivity index (χ1) is 4.22. The van der Waals surface area contributed by atoms with Crippen LogP contribution in [0.15, 0.2) is 36.6 Å². The largest absolute Gasteiger partial charge is 0.507 e. The molecule has 0 aromatic carbocycles. The summed E-state index contributed by atoms with van der Waals surface area (Å²) in [6.07, 6.45) is 2.70. The number of aliphatic hydroxyl groups excluding tert-OH is 1. The zero-order chi connectivity index (χ0) is 7.28. The van der Waals surface area contributed by atoms with Gasteiger partial charge < -0.3 is 5.11 Å². The molecule has 0 saturated carbocycles. The van der Waals surface area contributed by atoms with Crippen molar-refractivity contribution >= 4 is 0 Å². The molecule has 0 aromatic heterocycles. The number of hydrogen-bond acceptors (Lipinski definition) is 2. The van der Waals surface area contributed by atoms with Gasteiger partial charge in [-0.05, 0) is 6.08 Å². The van der Waals surface area contributed by atoms with Gasteiger partial charge in [-0.2, -0.15) is 5.26 Å². The van der Waals surface area contributed by atoms with E-state index in [1.807, 2.05) is 0 Å². The predicted molar refractivity (Wildman–Crippen MR) is 35.7 cm³/mol. The van der Waals surface area contributed by atoms with Crippen LogP contribution in [0.2, 0.25) is 0 Å². The van der Waals surface area contributed by atoms with E-state index in [9.17, 15) is 0 Å². The molecule has 46 valence electrons. The third-order valence-electron chi connectivity index (χ3n) is 0.720. The first-order valence-corrected chi connectivity index (χ1v) is 2.33. The van der Waals surface area contributed by atoms with Gasteiger partial charge in [-0.25, -0.2) is 0 Å². The number of hydrogen-bond donors (Lipinski definition) is 1. The van der Waals surface area contributed by atoms with Crippen molar-refractivity contribution in [3.05, 3.63) is 36.6 Å². The summed E-state index contributed by atoms with van der Waals surface area (Å²) in [5.41, 5.74) is 0.0508. The molecule has 0 saturated heterocycles. The zero-order valence-electron chi connectivity index (χ0n) is 4.96. The average Bonchev–Trinajstić information content (AvgIpc) is 1.87. The lowest BCUT2D eigenvalue weighted by atomic mass is 10.2. The molecule has 0 spiro atoms. The average molecular weight is 121 g/mol. The van der Waals surface area contributed by atoms with Gasteiger partial charge in [0.25, 0.3) is 0 Å². The molecule has 0 fully saturated rings. The number of nitrogens with zero attached hydrogens (tertiary/aromatic N) is 1. The number of aliphatic hydroxyl groups is 1. The molecule has 0 atom stereocenters. The van der Waals surface area contributed by atoms with Gasteiger partial charge in [-0.1, -0.05) is 19.2 Å². The molecule has 0 rings (SSSR count). The van der Waals surface area contributed by atoms with Gasteiger partial charge in [-0.3, -0.25) is 0 Å². The molecule has 9 heavy (non-hydrogen) atoms. The number of rotatable bonds is 2. The molecule has 0 aliphatic heterocycles. The van der Waals surface area contributed by atoms with Crippen molar-refractivity contribution in [2.24, 2.45) is 0 Å². The fourth-order valence-electron chi connectivity index (χ4n) is 0.269. The summed E-state index contributed by atoms with van der Waals surface area (Å²) >= 11 is 0. The maximum atomic E-state index is 8.79. The van der Waals surface area contributed by atoms with Crippen molar-refractivity contribution < 1.29 is 5.11 Å². The van der Waals surface area contributed by atoms with Crippen molar-refractivity contribution in [3.63, 3.8) is 0 Å². The fraction of sp³-hybridized carbons (Fsp3) is 0. The summed E-state index contributed by atoms with van der Waals surface area (Å²) in [5.74, 6) is -0.132. The van der Waals surface area contributed by atoms with Crippen LogP contribution in [0, 0.1) is 11.3 Å². The molecule has 0 aliphatic rings. The second-order valence-electron chi connectivity index (χ2n) is 1.38. The highest BCUT2D eigenvalue weighted by molar-refractivity contribution is 5.35. The van der Waals surface area contributed by atoms with Crippen molar-refractivity contribution in [1.82, 2.24) is 0 Å². The van der Waals surface area contributed by atoms with Crippen LogP contribution in [0.25, 0.3) is 0 Å². The van der Waals surface area contributed by atoms with Crippen molar-refractivity contribution in [2.75, 3.05) is 0 Å². The second-order valence-corrected chi connectivity index (χ2v) is 1.38. The van der Waals surface area contributed by atoms with E-state index in [1.165, 1.54) is 12.2 Å². The minimum atomic E-state index is -0.132. The van der Waals surface area contributed by atoms with Gasteiger partial charge in [0.15, 0.2) is 0 Å². The molecule has 0 unspecified atom stereocenters. The van der Waals surface area contributed by atoms with E-state index in [0.717, 1.165) is 0 Å². The third-order valence-corrected chi connectivity index (χ3v) is 0.720. The highest BCUT2D eigenvalue weighted by Gasteiger charge is 1.93. The zero-order valence-corrected chi connectivity index (χ0v) is 4.96. The first-order valence-electron chi connectivity index (χ1n) is 2.33. The van der Waals surface area contributed by atoms with Gasteiger partial charge in [0.05, 0.1) is 5.57 Å². The SMILES string of the molecule is C=C/C=C(/O)C(=C)C#N. The van der Waals surface area contributed by atoms with Crippen LogP contribution in [0.4, 0.5) is 0 Å². The maximum absolute atomic E-state index is 8.79. The van der Waals surface area contributed by atoms with Crippen LogP contribution in [0.3, 0.4) is 0 Å². The lowest BCUT2D eigenvalue weighted by Crippen LogP contribution is -1.80. The van der Waals surface area contributed by atoms with E-state index < -0.39 is 0 Å². The van der Waals surface area contributed by atoms with Crippen LogP contribution in [0.5, 0.6) is 0 Å². The Labute approximate surface area is 54.0 Å². The maximum Gasteiger partial charge on any atom is 0.132 e. The number of nitriles is 1. The van der Waals surface area contributed by atoms with Crippen LogP contribution in [0.1, 0.15) is 0 Å². The molecule has 0 aromatic rings. The van der Waals surface area contributed by atoms with Crippen LogP contribution < -0.4 is 0 Å². The quantitative estimate of drug-likeness (QED) is 0.343. The fourth-order valence-corrected chi connectivity index (χ4v) is 0.269. The molecule has 0 bridgehead atoms. The summed E-state index contributed by atoms with van der Waals surface area (Å²) < 4.78 is 0. The molecule has 0 radical (unpaired) electrons. The van der Waals surface area contributed by atoms with Crippen molar-refractivity contribution in [3.8, 4) is 6.07 Å². The Hall–Kier alpha value is -1.49. The third kappa shape index (κ3) is 2.35. The highest BCUT2D eigenvalue weighted by atomic mass is 16.3. The Morgan fingerprint density at radius 2 is 2.22 bits per heavy atom. The smallest absolute Gasteiger partial charge is 0.132 e.